The van der Waals surface area contributed by atoms with Crippen LogP contribution in [0.2, 0.25) is 0 Å². The molecule has 6 nitrogen and oxygen atoms in total. The fourth-order valence-corrected chi connectivity index (χ4v) is 1.87. The second-order valence-corrected chi connectivity index (χ2v) is 4.45. The summed E-state index contributed by atoms with van der Waals surface area (Å²) in [4.78, 5) is 28.8. The fourth-order valence-electron chi connectivity index (χ4n) is 1.87. The number of anilines is 2. The number of aromatic nitrogens is 1. The molecule has 0 aliphatic heterocycles. The molecule has 108 valence electrons. The minimum Gasteiger partial charge on any atom is -0.478 e. The van der Waals surface area contributed by atoms with Gasteiger partial charge >= 0.3 is 12.0 Å². The zero-order chi connectivity index (χ0) is 15.4. The van der Waals surface area contributed by atoms with Crippen LogP contribution in [0.25, 0.3) is 0 Å². The summed E-state index contributed by atoms with van der Waals surface area (Å²) in [5.74, 6) is -1.08. The predicted octanol–water partition coefficient (Wildman–Crippen LogP) is 2.76. The fraction of sp³-hybridized carbons (Fsp3) is 0.133. The summed E-state index contributed by atoms with van der Waals surface area (Å²) in [5, 5.41) is 11.9. The first kappa shape index (κ1) is 14.5. The maximum Gasteiger partial charge on any atom is 0.337 e. The van der Waals surface area contributed by atoms with E-state index in [1.54, 1.807) is 43.5 Å². The molecule has 0 saturated heterocycles. The second-order valence-electron chi connectivity index (χ2n) is 4.45. The molecule has 1 aromatic heterocycles. The summed E-state index contributed by atoms with van der Waals surface area (Å²) in [7, 11) is 1.52. The lowest BCUT2D eigenvalue weighted by molar-refractivity contribution is 0.0697. The first-order chi connectivity index (χ1) is 10.0. The maximum absolute atomic E-state index is 12.2. The Balaban J connectivity index is 2.24. The molecule has 1 aromatic carbocycles. The molecule has 0 aliphatic rings. The topological polar surface area (TPSA) is 82.5 Å². The molecular formula is C15H15N3O3. The van der Waals surface area contributed by atoms with Gasteiger partial charge in [0.15, 0.2) is 0 Å². The van der Waals surface area contributed by atoms with Gasteiger partial charge in [0.05, 0.1) is 22.6 Å². The number of hydrogen-bond acceptors (Lipinski definition) is 3. The van der Waals surface area contributed by atoms with Crippen molar-refractivity contribution in [3.63, 3.8) is 0 Å². The van der Waals surface area contributed by atoms with Crippen LogP contribution < -0.4 is 10.2 Å². The van der Waals surface area contributed by atoms with Gasteiger partial charge in [0.1, 0.15) is 0 Å². The van der Waals surface area contributed by atoms with Crippen molar-refractivity contribution in [2.75, 3.05) is 17.3 Å². The zero-order valence-electron chi connectivity index (χ0n) is 11.7. The van der Waals surface area contributed by atoms with E-state index in [2.05, 4.69) is 10.3 Å². The van der Waals surface area contributed by atoms with Crippen molar-refractivity contribution in [2.24, 2.45) is 0 Å². The summed E-state index contributed by atoms with van der Waals surface area (Å²) in [6.07, 6.45) is 1.63. The molecule has 0 unspecified atom stereocenters. The summed E-state index contributed by atoms with van der Waals surface area (Å²) in [5.41, 5.74) is 1.66. The number of pyridine rings is 1. The highest BCUT2D eigenvalue weighted by Gasteiger charge is 2.18. The molecule has 0 aliphatic carbocycles. The summed E-state index contributed by atoms with van der Waals surface area (Å²) in [6, 6.07) is 9.35. The van der Waals surface area contributed by atoms with E-state index in [-0.39, 0.29) is 5.56 Å². The molecule has 0 bridgehead atoms. The third kappa shape index (κ3) is 3.17. The van der Waals surface area contributed by atoms with Gasteiger partial charge in [-0.05, 0) is 31.2 Å². The van der Waals surface area contributed by atoms with Crippen molar-refractivity contribution in [2.45, 2.75) is 6.92 Å². The second kappa shape index (κ2) is 6.04. The van der Waals surface area contributed by atoms with Gasteiger partial charge in [-0.3, -0.25) is 9.88 Å². The Kier molecular flexibility index (Phi) is 4.18. The standard InChI is InChI=1S/C15H15N3O3/c1-10-12(7-5-9-16-10)17-15(21)18(2)13-8-4-3-6-11(13)14(19)20/h3-9H,1-2H3,(H,17,21)(H,19,20). The number of nitrogens with zero attached hydrogens (tertiary/aromatic N) is 2. The lowest BCUT2D eigenvalue weighted by Gasteiger charge is -2.20. The highest BCUT2D eigenvalue weighted by atomic mass is 16.4. The Morgan fingerprint density at radius 2 is 1.90 bits per heavy atom. The molecule has 6 heteroatoms. The number of benzene rings is 1. The van der Waals surface area contributed by atoms with Gasteiger partial charge in [-0.15, -0.1) is 0 Å². The molecule has 21 heavy (non-hydrogen) atoms. The van der Waals surface area contributed by atoms with Crippen LogP contribution in [0.5, 0.6) is 0 Å². The van der Waals surface area contributed by atoms with Crippen LogP contribution in [-0.4, -0.2) is 29.1 Å². The van der Waals surface area contributed by atoms with Gasteiger partial charge in [-0.1, -0.05) is 12.1 Å². The van der Waals surface area contributed by atoms with Crippen LogP contribution in [0.3, 0.4) is 0 Å². The lowest BCUT2D eigenvalue weighted by Crippen LogP contribution is -2.32. The average Bonchev–Trinajstić information content (AvgIpc) is 2.48. The Hall–Kier alpha value is -2.89. The van der Waals surface area contributed by atoms with Crippen LogP contribution in [0.4, 0.5) is 16.2 Å². The normalized spacial score (nSPS) is 10.0. The van der Waals surface area contributed by atoms with E-state index in [1.165, 1.54) is 18.0 Å². The molecular weight excluding hydrogens is 270 g/mol. The molecule has 0 saturated carbocycles. The van der Waals surface area contributed by atoms with E-state index < -0.39 is 12.0 Å². The number of carboxylic acids is 1. The number of aromatic carboxylic acids is 1. The van der Waals surface area contributed by atoms with Crippen LogP contribution in [-0.2, 0) is 0 Å². The Labute approximate surface area is 122 Å². The molecule has 2 aromatic rings. The van der Waals surface area contributed by atoms with Crippen LogP contribution in [0.1, 0.15) is 16.1 Å². The molecule has 0 spiro atoms. The van der Waals surface area contributed by atoms with Crippen molar-refractivity contribution in [3.05, 3.63) is 53.9 Å². The van der Waals surface area contributed by atoms with E-state index in [4.69, 9.17) is 5.11 Å². The van der Waals surface area contributed by atoms with Gasteiger partial charge in [-0.25, -0.2) is 9.59 Å². The first-order valence-corrected chi connectivity index (χ1v) is 6.29. The predicted molar refractivity (Wildman–Crippen MR) is 79.8 cm³/mol. The minimum atomic E-state index is -1.08. The Morgan fingerprint density at radius 3 is 2.57 bits per heavy atom. The largest absolute Gasteiger partial charge is 0.478 e. The molecule has 0 fully saturated rings. The van der Waals surface area contributed by atoms with E-state index in [9.17, 15) is 9.59 Å². The summed E-state index contributed by atoms with van der Waals surface area (Å²) < 4.78 is 0. The summed E-state index contributed by atoms with van der Waals surface area (Å²) >= 11 is 0. The van der Waals surface area contributed by atoms with Crippen LogP contribution >= 0.6 is 0 Å². The monoisotopic (exact) mass is 285 g/mol. The number of carbonyl (C=O) groups excluding carboxylic acids is 1. The number of para-hydroxylation sites is 1. The smallest absolute Gasteiger partial charge is 0.337 e. The molecule has 2 rings (SSSR count). The number of urea groups is 1. The third-order valence-electron chi connectivity index (χ3n) is 3.05. The van der Waals surface area contributed by atoms with E-state index in [0.29, 0.717) is 17.1 Å². The molecule has 2 amide bonds. The van der Waals surface area contributed by atoms with E-state index in [0.717, 1.165) is 0 Å². The molecule has 1 heterocycles. The van der Waals surface area contributed by atoms with Gasteiger partial charge in [0.2, 0.25) is 0 Å². The van der Waals surface area contributed by atoms with E-state index >= 15 is 0 Å². The van der Waals surface area contributed by atoms with Crippen molar-refractivity contribution < 1.29 is 14.7 Å². The number of amides is 2. The van der Waals surface area contributed by atoms with Gasteiger partial charge < -0.3 is 10.4 Å². The quantitative estimate of drug-likeness (QED) is 0.908. The SMILES string of the molecule is Cc1ncccc1NC(=O)N(C)c1ccccc1C(=O)O. The van der Waals surface area contributed by atoms with Crippen LogP contribution in [0.15, 0.2) is 42.6 Å². The first-order valence-electron chi connectivity index (χ1n) is 6.29. The average molecular weight is 285 g/mol. The van der Waals surface area contributed by atoms with Crippen molar-refractivity contribution in [3.8, 4) is 0 Å². The number of hydrogen-bond donors (Lipinski definition) is 2. The Morgan fingerprint density at radius 1 is 1.19 bits per heavy atom. The highest BCUT2D eigenvalue weighted by molar-refractivity contribution is 6.06. The number of aryl methyl sites for hydroxylation is 1. The van der Waals surface area contributed by atoms with Crippen molar-refractivity contribution in [1.82, 2.24) is 4.98 Å². The van der Waals surface area contributed by atoms with Crippen molar-refractivity contribution >= 4 is 23.4 Å². The van der Waals surface area contributed by atoms with Gasteiger partial charge in [0, 0.05) is 13.2 Å². The molecule has 0 radical (unpaired) electrons. The number of rotatable bonds is 3. The summed E-state index contributed by atoms with van der Waals surface area (Å²) in [6.45, 7) is 1.78. The number of carboxylic acid groups (broad SMARTS) is 1. The lowest BCUT2D eigenvalue weighted by atomic mass is 10.1. The number of nitrogens with one attached hydrogen (secondary N) is 1. The molecule has 0 atom stereocenters. The molecule has 2 N–H and O–H groups in total. The van der Waals surface area contributed by atoms with Crippen LogP contribution in [0, 0.1) is 6.92 Å². The van der Waals surface area contributed by atoms with Crippen molar-refractivity contribution in [1.29, 1.82) is 0 Å². The third-order valence-corrected chi connectivity index (χ3v) is 3.05. The van der Waals surface area contributed by atoms with Gasteiger partial charge in [0.25, 0.3) is 0 Å². The Bertz CT molecular complexity index is 685. The minimum absolute atomic E-state index is 0.0676. The maximum atomic E-state index is 12.2. The number of carbonyl (C=O) groups is 2. The highest BCUT2D eigenvalue weighted by Crippen LogP contribution is 2.20. The van der Waals surface area contributed by atoms with Gasteiger partial charge in [-0.2, -0.15) is 0 Å². The van der Waals surface area contributed by atoms with E-state index in [1.807, 2.05) is 0 Å². The zero-order valence-corrected chi connectivity index (χ0v) is 11.7.